The third kappa shape index (κ3) is 2.23. The fraction of sp³-hybridized carbons (Fsp3) is 0.636. The summed E-state index contributed by atoms with van der Waals surface area (Å²) < 4.78 is 0. The smallest absolute Gasteiger partial charge is 0.134 e. The summed E-state index contributed by atoms with van der Waals surface area (Å²) in [6.07, 6.45) is 5.29. The molecule has 1 aromatic heterocycles. The highest BCUT2D eigenvalue weighted by Crippen LogP contribution is 2.28. The van der Waals surface area contributed by atoms with Crippen molar-refractivity contribution >= 4 is 17.4 Å². The van der Waals surface area contributed by atoms with Gasteiger partial charge in [0, 0.05) is 18.2 Å². The van der Waals surface area contributed by atoms with Crippen LogP contribution in [0.4, 0.5) is 5.82 Å². The minimum Gasteiger partial charge on any atom is -0.351 e. The number of anilines is 1. The van der Waals surface area contributed by atoms with Gasteiger partial charge in [0.2, 0.25) is 0 Å². The molecule has 0 amide bonds. The number of nitrogens with zero attached hydrogens (tertiary/aromatic N) is 3. The van der Waals surface area contributed by atoms with Gasteiger partial charge in [0.05, 0.1) is 0 Å². The molecule has 4 heteroatoms. The van der Waals surface area contributed by atoms with E-state index in [9.17, 15) is 0 Å². The van der Waals surface area contributed by atoms with Crippen molar-refractivity contribution in [1.29, 1.82) is 0 Å². The third-order valence-corrected chi connectivity index (χ3v) is 3.28. The minimum absolute atomic E-state index is 0.518. The molecule has 0 saturated carbocycles. The van der Waals surface area contributed by atoms with E-state index in [1.54, 1.807) is 0 Å². The summed E-state index contributed by atoms with van der Waals surface area (Å²) in [6.45, 7) is 4.48. The maximum absolute atomic E-state index is 5.88. The Kier molecular flexibility index (Phi) is 3.10. The molecule has 0 radical (unpaired) electrons. The number of halogens is 1. The molecule has 1 aliphatic heterocycles. The van der Waals surface area contributed by atoms with Crippen LogP contribution < -0.4 is 4.90 Å². The maximum Gasteiger partial charge on any atom is 0.134 e. The van der Waals surface area contributed by atoms with Crippen molar-refractivity contribution in [2.24, 2.45) is 0 Å². The van der Waals surface area contributed by atoms with Gasteiger partial charge in [-0.25, -0.2) is 9.97 Å². The van der Waals surface area contributed by atoms with E-state index in [0.29, 0.717) is 17.2 Å². The molecule has 0 aromatic carbocycles. The summed E-state index contributed by atoms with van der Waals surface area (Å²) in [7, 11) is 0. The van der Waals surface area contributed by atoms with E-state index >= 15 is 0 Å². The highest BCUT2D eigenvalue weighted by atomic mass is 35.5. The van der Waals surface area contributed by atoms with Crippen LogP contribution in [0.5, 0.6) is 0 Å². The SMILES string of the molecule is CC1CCCC(C)N1c1cc(Cl)ncn1. The van der Waals surface area contributed by atoms with Crippen LogP contribution in [0.2, 0.25) is 5.15 Å². The number of piperidine rings is 1. The molecular formula is C11H16ClN3. The molecule has 1 saturated heterocycles. The Morgan fingerprint density at radius 3 is 2.53 bits per heavy atom. The Morgan fingerprint density at radius 1 is 1.27 bits per heavy atom. The lowest BCUT2D eigenvalue weighted by Gasteiger charge is -2.39. The molecule has 0 N–H and O–H groups in total. The predicted octanol–water partition coefficient (Wildman–Crippen LogP) is 2.90. The molecule has 1 fully saturated rings. The summed E-state index contributed by atoms with van der Waals surface area (Å²) >= 11 is 5.88. The summed E-state index contributed by atoms with van der Waals surface area (Å²) in [4.78, 5) is 10.6. The normalized spacial score (nSPS) is 26.7. The molecule has 2 heterocycles. The Bertz CT molecular complexity index is 332. The molecule has 2 rings (SSSR count). The van der Waals surface area contributed by atoms with Crippen molar-refractivity contribution in [2.45, 2.75) is 45.2 Å². The van der Waals surface area contributed by atoms with Crippen molar-refractivity contribution in [3.63, 3.8) is 0 Å². The minimum atomic E-state index is 0.518. The zero-order valence-electron chi connectivity index (χ0n) is 9.15. The largest absolute Gasteiger partial charge is 0.351 e. The summed E-state index contributed by atoms with van der Waals surface area (Å²) in [5.41, 5.74) is 0. The average molecular weight is 226 g/mol. The van der Waals surface area contributed by atoms with Crippen LogP contribution in [0.25, 0.3) is 0 Å². The lowest BCUT2D eigenvalue weighted by molar-refractivity contribution is 0.411. The second-order valence-electron chi connectivity index (χ2n) is 4.24. The van der Waals surface area contributed by atoms with Crippen molar-refractivity contribution in [3.8, 4) is 0 Å². The molecule has 0 aliphatic carbocycles. The van der Waals surface area contributed by atoms with Gasteiger partial charge in [0.25, 0.3) is 0 Å². The van der Waals surface area contributed by atoms with Gasteiger partial charge in [-0.2, -0.15) is 0 Å². The van der Waals surface area contributed by atoms with E-state index in [1.165, 1.54) is 25.6 Å². The second-order valence-corrected chi connectivity index (χ2v) is 4.62. The zero-order valence-corrected chi connectivity index (χ0v) is 9.91. The van der Waals surface area contributed by atoms with Crippen LogP contribution in [0, 0.1) is 0 Å². The van der Waals surface area contributed by atoms with E-state index < -0.39 is 0 Å². The third-order valence-electron chi connectivity index (χ3n) is 3.08. The molecule has 2 atom stereocenters. The zero-order chi connectivity index (χ0) is 10.8. The topological polar surface area (TPSA) is 29.0 Å². The van der Waals surface area contributed by atoms with Gasteiger partial charge >= 0.3 is 0 Å². The van der Waals surface area contributed by atoms with E-state index in [4.69, 9.17) is 11.6 Å². The first-order chi connectivity index (χ1) is 7.18. The first-order valence-electron chi connectivity index (χ1n) is 5.44. The molecule has 2 unspecified atom stereocenters. The monoisotopic (exact) mass is 225 g/mol. The maximum atomic E-state index is 5.88. The standard InChI is InChI=1S/C11H16ClN3/c1-8-4-3-5-9(2)15(8)11-6-10(12)13-7-14-11/h6-9H,3-5H2,1-2H3. The van der Waals surface area contributed by atoms with Crippen molar-refractivity contribution in [3.05, 3.63) is 17.5 Å². The molecular weight excluding hydrogens is 210 g/mol. The van der Waals surface area contributed by atoms with Crippen molar-refractivity contribution in [2.75, 3.05) is 4.90 Å². The summed E-state index contributed by atoms with van der Waals surface area (Å²) in [5.74, 6) is 0.953. The molecule has 0 bridgehead atoms. The van der Waals surface area contributed by atoms with Crippen LogP contribution >= 0.6 is 11.6 Å². The first kappa shape index (κ1) is 10.7. The average Bonchev–Trinajstić information content (AvgIpc) is 2.17. The molecule has 15 heavy (non-hydrogen) atoms. The van der Waals surface area contributed by atoms with Gasteiger partial charge in [0.15, 0.2) is 0 Å². The highest BCUT2D eigenvalue weighted by molar-refractivity contribution is 6.29. The van der Waals surface area contributed by atoms with Gasteiger partial charge in [-0.3, -0.25) is 0 Å². The Labute approximate surface area is 95.5 Å². The second kappa shape index (κ2) is 4.35. The van der Waals surface area contributed by atoms with E-state index in [-0.39, 0.29) is 0 Å². The van der Waals surface area contributed by atoms with E-state index in [0.717, 1.165) is 5.82 Å². The van der Waals surface area contributed by atoms with Gasteiger partial charge < -0.3 is 4.90 Å². The number of rotatable bonds is 1. The summed E-state index contributed by atoms with van der Waals surface area (Å²) in [5, 5.41) is 0.518. The lowest BCUT2D eigenvalue weighted by atomic mass is 9.98. The fourth-order valence-corrected chi connectivity index (χ4v) is 2.48. The number of hydrogen-bond donors (Lipinski definition) is 0. The van der Waals surface area contributed by atoms with Crippen molar-refractivity contribution in [1.82, 2.24) is 9.97 Å². The summed E-state index contributed by atoms with van der Waals surface area (Å²) in [6, 6.07) is 2.93. The number of hydrogen-bond acceptors (Lipinski definition) is 3. The first-order valence-corrected chi connectivity index (χ1v) is 5.82. The van der Waals surface area contributed by atoms with Gasteiger partial charge in [-0.05, 0) is 33.1 Å². The van der Waals surface area contributed by atoms with Gasteiger partial charge in [0.1, 0.15) is 17.3 Å². The quantitative estimate of drug-likeness (QED) is 0.689. The van der Waals surface area contributed by atoms with Crippen LogP contribution in [0.3, 0.4) is 0 Å². The fourth-order valence-electron chi connectivity index (χ4n) is 2.34. The molecule has 0 spiro atoms. The van der Waals surface area contributed by atoms with Crippen LogP contribution in [-0.4, -0.2) is 22.1 Å². The van der Waals surface area contributed by atoms with Gasteiger partial charge in [-0.15, -0.1) is 0 Å². The number of aromatic nitrogens is 2. The Hall–Kier alpha value is -0.830. The molecule has 82 valence electrons. The van der Waals surface area contributed by atoms with Gasteiger partial charge in [-0.1, -0.05) is 11.6 Å². The van der Waals surface area contributed by atoms with Crippen LogP contribution in [0.1, 0.15) is 33.1 Å². The predicted molar refractivity (Wildman–Crippen MR) is 62.3 cm³/mol. The Morgan fingerprint density at radius 2 is 1.93 bits per heavy atom. The van der Waals surface area contributed by atoms with Crippen LogP contribution in [-0.2, 0) is 0 Å². The van der Waals surface area contributed by atoms with Crippen LogP contribution in [0.15, 0.2) is 12.4 Å². The molecule has 1 aromatic rings. The molecule has 3 nitrogen and oxygen atoms in total. The molecule has 1 aliphatic rings. The van der Waals surface area contributed by atoms with E-state index in [1.807, 2.05) is 6.07 Å². The highest BCUT2D eigenvalue weighted by Gasteiger charge is 2.25. The van der Waals surface area contributed by atoms with Crippen molar-refractivity contribution < 1.29 is 0 Å². The lowest BCUT2D eigenvalue weighted by Crippen LogP contribution is -2.44. The Balaban J connectivity index is 2.27. The van der Waals surface area contributed by atoms with E-state index in [2.05, 4.69) is 28.7 Å².